The van der Waals surface area contributed by atoms with Crippen LogP contribution in [-0.4, -0.2) is 41.1 Å². The molecule has 0 bridgehead atoms. The molecule has 2 rings (SSSR count). The largest absolute Gasteiger partial charge is 0.356 e. The first-order chi connectivity index (χ1) is 12.4. The monoisotopic (exact) mass is 522 g/mol. The number of hydrogen-bond donors (Lipinski definition) is 3. The second-order valence-electron chi connectivity index (χ2n) is 6.02. The minimum absolute atomic E-state index is 0. The van der Waals surface area contributed by atoms with Gasteiger partial charge in [0.15, 0.2) is 5.96 Å². The zero-order chi connectivity index (χ0) is 19.0. The molecule has 1 heterocycles. The Labute approximate surface area is 182 Å². The zero-order valence-corrected chi connectivity index (χ0v) is 19.7. The van der Waals surface area contributed by atoms with Crippen molar-refractivity contribution in [2.75, 3.05) is 26.7 Å². The SMILES string of the molecule is CN=C(NCCNS(=O)(=O)c1cccs1)NCC(C)c1cccc(C)c1.I. The van der Waals surface area contributed by atoms with Crippen LogP contribution in [0.3, 0.4) is 0 Å². The third-order valence-electron chi connectivity index (χ3n) is 3.88. The van der Waals surface area contributed by atoms with Crippen LogP contribution in [0, 0.1) is 6.92 Å². The zero-order valence-electron chi connectivity index (χ0n) is 15.7. The number of nitrogens with one attached hydrogen (secondary N) is 3. The Bertz CT molecular complexity index is 824. The van der Waals surface area contributed by atoms with Crippen molar-refractivity contribution in [2.45, 2.75) is 24.0 Å². The summed E-state index contributed by atoms with van der Waals surface area (Å²) in [5, 5.41) is 8.14. The Morgan fingerprint density at radius 3 is 2.59 bits per heavy atom. The Hall–Kier alpha value is -1.17. The average molecular weight is 522 g/mol. The molecule has 2 aromatic rings. The predicted octanol–water partition coefficient (Wildman–Crippen LogP) is 2.92. The summed E-state index contributed by atoms with van der Waals surface area (Å²) in [7, 11) is -1.72. The fourth-order valence-electron chi connectivity index (χ4n) is 2.42. The molecule has 0 spiro atoms. The van der Waals surface area contributed by atoms with Crippen molar-refractivity contribution in [1.82, 2.24) is 15.4 Å². The van der Waals surface area contributed by atoms with Gasteiger partial charge in [-0.1, -0.05) is 42.8 Å². The second-order valence-corrected chi connectivity index (χ2v) is 8.97. The maximum absolute atomic E-state index is 12.0. The third-order valence-corrected chi connectivity index (χ3v) is 6.74. The van der Waals surface area contributed by atoms with Crippen molar-refractivity contribution in [2.24, 2.45) is 4.99 Å². The number of aryl methyl sites for hydroxylation is 1. The summed E-state index contributed by atoms with van der Waals surface area (Å²) in [6, 6.07) is 11.8. The third kappa shape index (κ3) is 7.76. The van der Waals surface area contributed by atoms with Gasteiger partial charge in [-0.05, 0) is 29.9 Å². The van der Waals surface area contributed by atoms with Crippen molar-refractivity contribution >= 4 is 51.3 Å². The van der Waals surface area contributed by atoms with E-state index in [2.05, 4.69) is 58.5 Å². The number of thiophene rings is 1. The lowest BCUT2D eigenvalue weighted by atomic mass is 9.99. The lowest BCUT2D eigenvalue weighted by Gasteiger charge is -2.17. The summed E-state index contributed by atoms with van der Waals surface area (Å²) < 4.78 is 27.0. The summed E-state index contributed by atoms with van der Waals surface area (Å²) in [6.07, 6.45) is 0. The van der Waals surface area contributed by atoms with Crippen LogP contribution < -0.4 is 15.4 Å². The Morgan fingerprint density at radius 2 is 1.96 bits per heavy atom. The topological polar surface area (TPSA) is 82.6 Å². The van der Waals surface area contributed by atoms with E-state index in [-0.39, 0.29) is 30.5 Å². The fraction of sp³-hybridized carbons (Fsp3) is 0.389. The molecule has 0 aliphatic rings. The van der Waals surface area contributed by atoms with Gasteiger partial charge in [0.25, 0.3) is 0 Å². The van der Waals surface area contributed by atoms with Crippen LogP contribution >= 0.6 is 35.3 Å². The van der Waals surface area contributed by atoms with E-state index in [9.17, 15) is 8.42 Å². The maximum Gasteiger partial charge on any atom is 0.250 e. The van der Waals surface area contributed by atoms with Crippen LogP contribution in [0.1, 0.15) is 24.0 Å². The maximum atomic E-state index is 12.0. The lowest BCUT2D eigenvalue weighted by Crippen LogP contribution is -2.42. The Balaban J connectivity index is 0.00000364. The first-order valence-corrected chi connectivity index (χ1v) is 10.8. The average Bonchev–Trinajstić information content (AvgIpc) is 3.16. The highest BCUT2D eigenvalue weighted by molar-refractivity contribution is 14.0. The molecule has 1 aromatic carbocycles. The molecule has 150 valence electrons. The van der Waals surface area contributed by atoms with Crippen LogP contribution in [0.25, 0.3) is 0 Å². The highest BCUT2D eigenvalue weighted by Crippen LogP contribution is 2.15. The molecule has 0 amide bonds. The lowest BCUT2D eigenvalue weighted by molar-refractivity contribution is 0.582. The molecule has 3 N–H and O–H groups in total. The van der Waals surface area contributed by atoms with Crippen molar-refractivity contribution in [3.8, 4) is 0 Å². The van der Waals surface area contributed by atoms with Crippen molar-refractivity contribution in [3.05, 3.63) is 52.9 Å². The number of rotatable bonds is 8. The van der Waals surface area contributed by atoms with Gasteiger partial charge in [-0.15, -0.1) is 35.3 Å². The number of aliphatic imine (C=N–C) groups is 1. The van der Waals surface area contributed by atoms with E-state index < -0.39 is 10.0 Å². The molecule has 0 fully saturated rings. The van der Waals surface area contributed by atoms with Gasteiger partial charge >= 0.3 is 0 Å². The fourth-order valence-corrected chi connectivity index (χ4v) is 4.49. The van der Waals surface area contributed by atoms with E-state index in [4.69, 9.17) is 0 Å². The normalized spacial score (nSPS) is 12.9. The molecule has 0 saturated heterocycles. The van der Waals surface area contributed by atoms with E-state index >= 15 is 0 Å². The smallest absolute Gasteiger partial charge is 0.250 e. The predicted molar refractivity (Wildman–Crippen MR) is 124 cm³/mol. The van der Waals surface area contributed by atoms with E-state index in [1.165, 1.54) is 22.5 Å². The Morgan fingerprint density at radius 1 is 1.19 bits per heavy atom. The van der Waals surface area contributed by atoms with Gasteiger partial charge < -0.3 is 10.6 Å². The highest BCUT2D eigenvalue weighted by atomic mass is 127. The molecular formula is C18H27IN4O2S2. The highest BCUT2D eigenvalue weighted by Gasteiger charge is 2.14. The first-order valence-electron chi connectivity index (χ1n) is 8.46. The first kappa shape index (κ1) is 23.9. The molecule has 0 radical (unpaired) electrons. The van der Waals surface area contributed by atoms with Crippen LogP contribution in [0.5, 0.6) is 0 Å². The molecule has 1 aromatic heterocycles. The van der Waals surface area contributed by atoms with Crippen LogP contribution in [0.4, 0.5) is 0 Å². The van der Waals surface area contributed by atoms with Gasteiger partial charge in [0.05, 0.1) is 0 Å². The number of guanidine groups is 1. The molecule has 1 unspecified atom stereocenters. The van der Waals surface area contributed by atoms with Crippen LogP contribution in [-0.2, 0) is 10.0 Å². The standard InChI is InChI=1S/C18H26N4O2S2.HI/c1-14-6-4-7-16(12-14)15(2)13-21-18(19-3)20-9-10-22-26(23,24)17-8-5-11-25-17;/h4-8,11-12,15,22H,9-10,13H2,1-3H3,(H2,19,20,21);1H. The molecule has 0 saturated carbocycles. The van der Waals surface area contributed by atoms with E-state index in [0.29, 0.717) is 22.6 Å². The number of nitrogens with zero attached hydrogens (tertiary/aromatic N) is 1. The summed E-state index contributed by atoms with van der Waals surface area (Å²) in [6.45, 7) is 5.72. The second kappa shape index (κ2) is 11.6. The molecule has 27 heavy (non-hydrogen) atoms. The molecule has 6 nitrogen and oxygen atoms in total. The van der Waals surface area contributed by atoms with Gasteiger partial charge in [0, 0.05) is 26.7 Å². The summed E-state index contributed by atoms with van der Waals surface area (Å²) in [5.41, 5.74) is 2.52. The number of hydrogen-bond acceptors (Lipinski definition) is 4. The molecule has 1 atom stereocenters. The molecule has 0 aliphatic heterocycles. The summed E-state index contributed by atoms with van der Waals surface area (Å²) in [5.74, 6) is 0.991. The molecular weight excluding hydrogens is 495 g/mol. The quantitative estimate of drug-likeness (QED) is 0.216. The Kier molecular flexibility index (Phi) is 10.3. The number of sulfonamides is 1. The van der Waals surface area contributed by atoms with Crippen LogP contribution in [0.2, 0.25) is 0 Å². The van der Waals surface area contributed by atoms with Gasteiger partial charge in [-0.2, -0.15) is 0 Å². The van der Waals surface area contributed by atoms with Crippen molar-refractivity contribution in [3.63, 3.8) is 0 Å². The summed E-state index contributed by atoms with van der Waals surface area (Å²) >= 11 is 1.20. The molecule has 9 heteroatoms. The number of halogens is 1. The van der Waals surface area contributed by atoms with Crippen LogP contribution in [0.15, 0.2) is 51.0 Å². The summed E-state index contributed by atoms with van der Waals surface area (Å²) in [4.78, 5) is 4.17. The van der Waals surface area contributed by atoms with E-state index in [1.807, 2.05) is 0 Å². The van der Waals surface area contributed by atoms with Gasteiger partial charge in [-0.3, -0.25) is 4.99 Å². The minimum atomic E-state index is -3.42. The van der Waals surface area contributed by atoms with Crippen molar-refractivity contribution < 1.29 is 8.42 Å². The molecule has 0 aliphatic carbocycles. The number of benzene rings is 1. The van der Waals surface area contributed by atoms with Gasteiger partial charge in [0.1, 0.15) is 4.21 Å². The van der Waals surface area contributed by atoms with Crippen molar-refractivity contribution in [1.29, 1.82) is 0 Å². The minimum Gasteiger partial charge on any atom is -0.356 e. The van der Waals surface area contributed by atoms with Gasteiger partial charge in [-0.25, -0.2) is 13.1 Å². The van der Waals surface area contributed by atoms with E-state index in [0.717, 1.165) is 6.54 Å². The van der Waals surface area contributed by atoms with Gasteiger partial charge in [0.2, 0.25) is 10.0 Å². The van der Waals surface area contributed by atoms with E-state index in [1.54, 1.807) is 24.6 Å².